The average Bonchev–Trinajstić information content (AvgIpc) is 2.29. The van der Waals surface area contributed by atoms with Crippen molar-refractivity contribution in [1.29, 1.82) is 0 Å². The minimum Gasteiger partial charge on any atom is -0.326 e. The molecule has 0 fully saturated rings. The minimum absolute atomic E-state index is 0.253. The molecule has 0 aromatic heterocycles. The molecule has 94 valence electrons. The first kappa shape index (κ1) is 12.7. The largest absolute Gasteiger partial charge is 0.326 e. The highest BCUT2D eigenvalue weighted by Crippen LogP contribution is 2.31. The molecule has 0 bridgehead atoms. The summed E-state index contributed by atoms with van der Waals surface area (Å²) in [5.41, 5.74) is 9.83. The molecule has 0 heterocycles. The summed E-state index contributed by atoms with van der Waals surface area (Å²) in [7, 11) is 0. The molecular formula is C15H15F2N. The van der Waals surface area contributed by atoms with E-state index in [0.717, 1.165) is 27.8 Å². The summed E-state index contributed by atoms with van der Waals surface area (Å²) in [6.45, 7) is 3.94. The molecule has 0 amide bonds. The Morgan fingerprint density at radius 3 is 2.11 bits per heavy atom. The molecule has 0 saturated heterocycles. The lowest BCUT2D eigenvalue weighted by Gasteiger charge is -2.14. The van der Waals surface area contributed by atoms with E-state index in [4.69, 9.17) is 5.73 Å². The number of hydrogen-bond donors (Lipinski definition) is 1. The predicted molar refractivity (Wildman–Crippen MR) is 69.2 cm³/mol. The number of rotatable bonds is 2. The maximum Gasteiger partial charge on any atom is 0.123 e. The molecule has 0 radical (unpaired) electrons. The van der Waals surface area contributed by atoms with E-state index in [1.54, 1.807) is 6.07 Å². The highest BCUT2D eigenvalue weighted by Gasteiger charge is 2.11. The number of nitrogens with two attached hydrogens (primary N) is 1. The molecule has 3 heteroatoms. The fourth-order valence-electron chi connectivity index (χ4n) is 2.31. The molecule has 0 unspecified atom stereocenters. The maximum absolute atomic E-state index is 13.3. The molecule has 2 aromatic rings. The van der Waals surface area contributed by atoms with Gasteiger partial charge in [-0.2, -0.15) is 0 Å². The lowest BCUT2D eigenvalue weighted by atomic mass is 9.92. The Balaban J connectivity index is 2.69. The lowest BCUT2D eigenvalue weighted by Crippen LogP contribution is -2.02. The Hall–Kier alpha value is -1.74. The summed E-state index contributed by atoms with van der Waals surface area (Å²) in [6, 6.07) is 7.48. The Bertz CT molecular complexity index is 568. The van der Waals surface area contributed by atoms with E-state index in [1.807, 2.05) is 13.8 Å². The molecule has 2 N–H and O–H groups in total. The number of halogens is 2. The molecule has 0 aliphatic carbocycles. The van der Waals surface area contributed by atoms with Crippen LogP contribution < -0.4 is 5.73 Å². The van der Waals surface area contributed by atoms with Crippen LogP contribution in [0.15, 0.2) is 30.3 Å². The third-order valence-electron chi connectivity index (χ3n) is 3.05. The van der Waals surface area contributed by atoms with Gasteiger partial charge in [-0.3, -0.25) is 0 Å². The monoisotopic (exact) mass is 247 g/mol. The van der Waals surface area contributed by atoms with Crippen LogP contribution in [0.5, 0.6) is 0 Å². The van der Waals surface area contributed by atoms with Crippen molar-refractivity contribution >= 4 is 0 Å². The van der Waals surface area contributed by atoms with Gasteiger partial charge in [0.2, 0.25) is 0 Å². The molecule has 2 rings (SSSR count). The van der Waals surface area contributed by atoms with Crippen LogP contribution in [0.4, 0.5) is 8.78 Å². The zero-order chi connectivity index (χ0) is 13.3. The average molecular weight is 247 g/mol. The second-order valence-electron chi connectivity index (χ2n) is 4.42. The third kappa shape index (κ3) is 2.27. The van der Waals surface area contributed by atoms with Crippen LogP contribution in [0.3, 0.4) is 0 Å². The summed E-state index contributed by atoms with van der Waals surface area (Å²) in [4.78, 5) is 0. The fourth-order valence-corrected chi connectivity index (χ4v) is 2.31. The summed E-state index contributed by atoms with van der Waals surface area (Å²) in [5.74, 6) is -0.568. The van der Waals surface area contributed by atoms with E-state index in [0.29, 0.717) is 0 Å². The number of hydrogen-bond acceptors (Lipinski definition) is 1. The lowest BCUT2D eigenvalue weighted by molar-refractivity contribution is 0.624. The zero-order valence-electron chi connectivity index (χ0n) is 10.4. The van der Waals surface area contributed by atoms with E-state index in [-0.39, 0.29) is 18.2 Å². The van der Waals surface area contributed by atoms with Gasteiger partial charge in [-0.15, -0.1) is 0 Å². The van der Waals surface area contributed by atoms with Gasteiger partial charge in [0.1, 0.15) is 11.6 Å². The molecule has 0 aliphatic heterocycles. The van der Waals surface area contributed by atoms with Gasteiger partial charge in [-0.05, 0) is 65.9 Å². The topological polar surface area (TPSA) is 26.0 Å². The Morgan fingerprint density at radius 1 is 0.944 bits per heavy atom. The summed E-state index contributed by atoms with van der Waals surface area (Å²) in [6.07, 6.45) is 0. The van der Waals surface area contributed by atoms with Gasteiger partial charge in [-0.25, -0.2) is 8.78 Å². The van der Waals surface area contributed by atoms with Crippen molar-refractivity contribution in [3.05, 3.63) is 58.7 Å². The summed E-state index contributed by atoms with van der Waals surface area (Å²) >= 11 is 0. The van der Waals surface area contributed by atoms with E-state index < -0.39 is 0 Å². The summed E-state index contributed by atoms with van der Waals surface area (Å²) < 4.78 is 26.5. The van der Waals surface area contributed by atoms with Crippen molar-refractivity contribution in [2.75, 3.05) is 0 Å². The normalized spacial score (nSPS) is 10.7. The third-order valence-corrected chi connectivity index (χ3v) is 3.05. The molecule has 1 nitrogen and oxygen atoms in total. The molecular weight excluding hydrogens is 232 g/mol. The standard InChI is InChI=1S/C15H15F2N/c1-9-5-13(17)6-10(2)15(9)14-4-3-12(16)7-11(14)8-18/h3-7H,8,18H2,1-2H3. The van der Waals surface area contributed by atoms with Gasteiger partial charge in [0.25, 0.3) is 0 Å². The zero-order valence-corrected chi connectivity index (χ0v) is 10.4. The first-order valence-corrected chi connectivity index (χ1v) is 5.78. The molecule has 0 aliphatic rings. The van der Waals surface area contributed by atoms with Gasteiger partial charge in [0.15, 0.2) is 0 Å². The van der Waals surface area contributed by atoms with E-state index in [9.17, 15) is 8.78 Å². The molecule has 0 spiro atoms. The fraction of sp³-hybridized carbons (Fsp3) is 0.200. The first-order chi connectivity index (χ1) is 8.52. The van der Waals surface area contributed by atoms with Gasteiger partial charge in [0, 0.05) is 6.54 Å². The van der Waals surface area contributed by atoms with Crippen molar-refractivity contribution in [2.24, 2.45) is 5.73 Å². The van der Waals surface area contributed by atoms with Crippen LogP contribution in [0, 0.1) is 25.5 Å². The quantitative estimate of drug-likeness (QED) is 0.860. The van der Waals surface area contributed by atoms with E-state index in [1.165, 1.54) is 24.3 Å². The van der Waals surface area contributed by atoms with E-state index >= 15 is 0 Å². The van der Waals surface area contributed by atoms with Crippen LogP contribution in [0.25, 0.3) is 11.1 Å². The smallest absolute Gasteiger partial charge is 0.123 e. The van der Waals surface area contributed by atoms with Crippen LogP contribution >= 0.6 is 0 Å². The maximum atomic E-state index is 13.3. The first-order valence-electron chi connectivity index (χ1n) is 5.78. The van der Waals surface area contributed by atoms with Crippen LogP contribution in [-0.4, -0.2) is 0 Å². The highest BCUT2D eigenvalue weighted by atomic mass is 19.1. The van der Waals surface area contributed by atoms with Crippen molar-refractivity contribution < 1.29 is 8.78 Å². The van der Waals surface area contributed by atoms with Gasteiger partial charge >= 0.3 is 0 Å². The van der Waals surface area contributed by atoms with Gasteiger partial charge in [-0.1, -0.05) is 6.07 Å². The minimum atomic E-state index is -0.309. The highest BCUT2D eigenvalue weighted by molar-refractivity contribution is 5.73. The molecule has 2 aromatic carbocycles. The van der Waals surface area contributed by atoms with Crippen molar-refractivity contribution in [3.63, 3.8) is 0 Å². The van der Waals surface area contributed by atoms with Crippen LogP contribution in [-0.2, 0) is 6.54 Å². The second-order valence-corrected chi connectivity index (χ2v) is 4.42. The Labute approximate surface area is 105 Å². The second kappa shape index (κ2) is 4.86. The molecule has 0 atom stereocenters. The molecule has 18 heavy (non-hydrogen) atoms. The SMILES string of the molecule is Cc1cc(F)cc(C)c1-c1ccc(F)cc1CN. The van der Waals surface area contributed by atoms with Crippen molar-refractivity contribution in [2.45, 2.75) is 20.4 Å². The van der Waals surface area contributed by atoms with Crippen LogP contribution in [0.1, 0.15) is 16.7 Å². The Morgan fingerprint density at radius 2 is 1.56 bits per heavy atom. The van der Waals surface area contributed by atoms with E-state index in [2.05, 4.69) is 0 Å². The van der Waals surface area contributed by atoms with Gasteiger partial charge in [0.05, 0.1) is 0 Å². The van der Waals surface area contributed by atoms with Crippen molar-refractivity contribution in [1.82, 2.24) is 0 Å². The number of aryl methyl sites for hydroxylation is 2. The predicted octanol–water partition coefficient (Wildman–Crippen LogP) is 3.71. The van der Waals surface area contributed by atoms with Gasteiger partial charge < -0.3 is 5.73 Å². The van der Waals surface area contributed by atoms with Crippen LogP contribution in [0.2, 0.25) is 0 Å². The van der Waals surface area contributed by atoms with Crippen molar-refractivity contribution in [3.8, 4) is 11.1 Å². The summed E-state index contributed by atoms with van der Waals surface area (Å²) in [5, 5.41) is 0. The molecule has 0 saturated carbocycles. The Kier molecular flexibility index (Phi) is 3.43. The number of benzene rings is 2.